The van der Waals surface area contributed by atoms with Crippen LogP contribution in [-0.4, -0.2) is 15.0 Å². The Morgan fingerprint density at radius 1 is 1.38 bits per heavy atom. The lowest BCUT2D eigenvalue weighted by atomic mass is 9.90. The first-order valence-electron chi connectivity index (χ1n) is 4.32. The van der Waals surface area contributed by atoms with Crippen LogP contribution in [0.5, 0.6) is 0 Å². The number of nitrogens with zero attached hydrogens (tertiary/aromatic N) is 2. The van der Waals surface area contributed by atoms with Crippen LogP contribution in [0.3, 0.4) is 0 Å². The molecule has 0 amide bonds. The van der Waals surface area contributed by atoms with Crippen molar-refractivity contribution in [3.8, 4) is 0 Å². The van der Waals surface area contributed by atoms with Crippen LogP contribution in [0.15, 0.2) is 0 Å². The van der Waals surface area contributed by atoms with Crippen molar-refractivity contribution < 1.29 is 0 Å². The van der Waals surface area contributed by atoms with E-state index < -0.39 is 0 Å². The molecule has 0 fully saturated rings. The molecule has 0 aliphatic heterocycles. The van der Waals surface area contributed by atoms with Gasteiger partial charge in [0.1, 0.15) is 10.0 Å². The number of halogens is 1. The van der Waals surface area contributed by atoms with Crippen LogP contribution in [0.1, 0.15) is 30.8 Å². The molecule has 1 rings (SSSR count). The second-order valence-electron chi connectivity index (χ2n) is 4.25. The molecule has 74 valence electrons. The molecule has 1 aromatic rings. The topological polar surface area (TPSA) is 25.8 Å². The van der Waals surface area contributed by atoms with Crippen molar-refractivity contribution in [1.82, 2.24) is 10.2 Å². The molecule has 2 nitrogen and oxygen atoms in total. The average molecular weight is 263 g/mol. The van der Waals surface area contributed by atoms with E-state index in [1.165, 1.54) is 0 Å². The minimum Gasteiger partial charge on any atom is -0.144 e. The van der Waals surface area contributed by atoms with Crippen molar-refractivity contribution in [3.63, 3.8) is 0 Å². The van der Waals surface area contributed by atoms with Crippen LogP contribution in [0.2, 0.25) is 0 Å². The van der Waals surface area contributed by atoms with Crippen LogP contribution in [0.25, 0.3) is 0 Å². The highest BCUT2D eigenvalue weighted by Gasteiger charge is 2.23. The predicted octanol–water partition coefficient (Wildman–Crippen LogP) is 3.20. The Hall–Kier alpha value is 0.0400. The zero-order valence-corrected chi connectivity index (χ0v) is 10.9. The zero-order chi connectivity index (χ0) is 10.1. The molecule has 13 heavy (non-hydrogen) atoms. The molecule has 0 aliphatic carbocycles. The highest BCUT2D eigenvalue weighted by atomic mass is 79.9. The maximum Gasteiger partial charge on any atom is 0.118 e. The summed E-state index contributed by atoms with van der Waals surface area (Å²) in [7, 11) is 0. The molecule has 4 heteroatoms. The zero-order valence-electron chi connectivity index (χ0n) is 8.47. The molecule has 1 aromatic heterocycles. The highest BCUT2D eigenvalue weighted by molar-refractivity contribution is 9.09. The van der Waals surface area contributed by atoms with Crippen molar-refractivity contribution in [1.29, 1.82) is 0 Å². The first-order chi connectivity index (χ1) is 5.89. The number of alkyl halides is 1. The normalized spacial score (nSPS) is 14.5. The van der Waals surface area contributed by atoms with Gasteiger partial charge in [-0.05, 0) is 12.3 Å². The Kier molecular flexibility index (Phi) is 3.46. The van der Waals surface area contributed by atoms with E-state index in [2.05, 4.69) is 46.9 Å². The maximum atomic E-state index is 4.11. The Balaban J connectivity index is 2.60. The first-order valence-corrected chi connectivity index (χ1v) is 6.06. The number of aromatic nitrogens is 2. The molecular formula is C9H15BrN2S. The Morgan fingerprint density at radius 2 is 2.00 bits per heavy atom. The lowest BCUT2D eigenvalue weighted by molar-refractivity contribution is 0.397. The Bertz CT molecular complexity index is 277. The SMILES string of the molecule is Cc1nnc(CC(Br)C(C)(C)C)s1. The second kappa shape index (κ2) is 4.05. The largest absolute Gasteiger partial charge is 0.144 e. The second-order valence-corrected chi connectivity index (χ2v) is 6.62. The van der Waals surface area contributed by atoms with Gasteiger partial charge in [-0.3, -0.25) is 0 Å². The minimum absolute atomic E-state index is 0.277. The molecule has 0 radical (unpaired) electrons. The van der Waals surface area contributed by atoms with Gasteiger partial charge in [-0.25, -0.2) is 0 Å². The van der Waals surface area contributed by atoms with Crippen molar-refractivity contribution in [2.75, 3.05) is 0 Å². The quantitative estimate of drug-likeness (QED) is 0.766. The summed E-state index contributed by atoms with van der Waals surface area (Å²) in [5.74, 6) is 0. The maximum absolute atomic E-state index is 4.11. The van der Waals surface area contributed by atoms with Gasteiger partial charge >= 0.3 is 0 Å². The average Bonchev–Trinajstić information content (AvgIpc) is 2.33. The molecule has 0 saturated carbocycles. The summed E-state index contributed by atoms with van der Waals surface area (Å²) >= 11 is 5.36. The third-order valence-electron chi connectivity index (χ3n) is 1.86. The van der Waals surface area contributed by atoms with Crippen molar-refractivity contribution >= 4 is 27.3 Å². The monoisotopic (exact) mass is 262 g/mol. The summed E-state index contributed by atoms with van der Waals surface area (Å²) in [5.41, 5.74) is 0.277. The molecule has 0 N–H and O–H groups in total. The molecule has 0 spiro atoms. The number of hydrogen-bond donors (Lipinski definition) is 0. The van der Waals surface area contributed by atoms with Crippen LogP contribution in [0, 0.1) is 12.3 Å². The van der Waals surface area contributed by atoms with E-state index in [9.17, 15) is 0 Å². The molecular weight excluding hydrogens is 248 g/mol. The van der Waals surface area contributed by atoms with E-state index in [0.29, 0.717) is 4.83 Å². The molecule has 1 unspecified atom stereocenters. The van der Waals surface area contributed by atoms with Crippen LogP contribution < -0.4 is 0 Å². The van der Waals surface area contributed by atoms with Gasteiger partial charge in [-0.2, -0.15) is 0 Å². The van der Waals surface area contributed by atoms with Gasteiger partial charge in [0.25, 0.3) is 0 Å². The summed E-state index contributed by atoms with van der Waals surface area (Å²) in [5, 5.41) is 10.3. The van der Waals surface area contributed by atoms with E-state index >= 15 is 0 Å². The smallest absolute Gasteiger partial charge is 0.118 e. The van der Waals surface area contributed by atoms with E-state index in [0.717, 1.165) is 16.4 Å². The van der Waals surface area contributed by atoms with Crippen molar-refractivity contribution in [2.45, 2.75) is 38.9 Å². The number of hydrogen-bond acceptors (Lipinski definition) is 3. The fourth-order valence-electron chi connectivity index (χ4n) is 0.879. The molecule has 1 heterocycles. The summed E-state index contributed by atoms with van der Waals surface area (Å²) < 4.78 is 0. The van der Waals surface area contributed by atoms with Gasteiger partial charge in [0.15, 0.2) is 0 Å². The van der Waals surface area contributed by atoms with E-state index in [-0.39, 0.29) is 5.41 Å². The fraction of sp³-hybridized carbons (Fsp3) is 0.778. The lowest BCUT2D eigenvalue weighted by Gasteiger charge is -2.24. The van der Waals surface area contributed by atoms with Gasteiger partial charge in [-0.1, -0.05) is 36.7 Å². The number of aryl methyl sites for hydroxylation is 1. The standard InChI is InChI=1S/C9H15BrN2S/c1-6-11-12-8(13-6)5-7(10)9(2,3)4/h7H,5H2,1-4H3. The molecule has 0 saturated heterocycles. The van der Waals surface area contributed by atoms with Gasteiger partial charge in [0, 0.05) is 11.2 Å². The Morgan fingerprint density at radius 3 is 2.38 bits per heavy atom. The van der Waals surface area contributed by atoms with Gasteiger partial charge in [0.05, 0.1) is 0 Å². The van der Waals surface area contributed by atoms with E-state index in [1.54, 1.807) is 11.3 Å². The predicted molar refractivity (Wildman–Crippen MR) is 60.5 cm³/mol. The number of rotatable bonds is 2. The van der Waals surface area contributed by atoms with E-state index in [4.69, 9.17) is 0 Å². The molecule has 0 aliphatic rings. The lowest BCUT2D eigenvalue weighted by Crippen LogP contribution is -2.22. The third-order valence-corrected chi connectivity index (χ3v) is 4.42. The Labute approximate surface area is 91.9 Å². The summed E-state index contributed by atoms with van der Waals surface area (Å²) in [4.78, 5) is 0.465. The first kappa shape index (κ1) is 11.1. The van der Waals surface area contributed by atoms with Crippen molar-refractivity contribution in [2.24, 2.45) is 5.41 Å². The van der Waals surface area contributed by atoms with Crippen molar-refractivity contribution in [3.05, 3.63) is 10.0 Å². The third kappa shape index (κ3) is 3.35. The van der Waals surface area contributed by atoms with Gasteiger partial charge < -0.3 is 0 Å². The van der Waals surface area contributed by atoms with Crippen LogP contribution >= 0.6 is 27.3 Å². The summed E-state index contributed by atoms with van der Waals surface area (Å²) in [6.07, 6.45) is 0.967. The fourth-order valence-corrected chi connectivity index (χ4v) is 2.15. The van der Waals surface area contributed by atoms with Gasteiger partial charge in [-0.15, -0.1) is 21.5 Å². The van der Waals surface area contributed by atoms with Gasteiger partial charge in [0.2, 0.25) is 0 Å². The molecule has 1 atom stereocenters. The summed E-state index contributed by atoms with van der Waals surface area (Å²) in [6.45, 7) is 8.66. The van der Waals surface area contributed by atoms with E-state index in [1.807, 2.05) is 6.92 Å². The van der Waals surface area contributed by atoms with Crippen LogP contribution in [0.4, 0.5) is 0 Å². The minimum atomic E-state index is 0.277. The molecule has 0 bridgehead atoms. The van der Waals surface area contributed by atoms with Crippen LogP contribution in [-0.2, 0) is 6.42 Å². The highest BCUT2D eigenvalue weighted by Crippen LogP contribution is 2.29. The summed E-state index contributed by atoms with van der Waals surface area (Å²) in [6, 6.07) is 0. The molecule has 0 aromatic carbocycles.